The number of hydrogen-bond acceptors (Lipinski definition) is 5. The van der Waals surface area contributed by atoms with Gasteiger partial charge in [-0.3, -0.25) is 10.1 Å². The Kier molecular flexibility index (Phi) is 4.74. The summed E-state index contributed by atoms with van der Waals surface area (Å²) in [7, 11) is 3.28. The minimum Gasteiger partial charge on any atom is -0.496 e. The van der Waals surface area contributed by atoms with Crippen LogP contribution in [-0.2, 0) is 4.74 Å². The van der Waals surface area contributed by atoms with Gasteiger partial charge in [0.25, 0.3) is 5.69 Å². The average molecular weight is 369 g/mol. The van der Waals surface area contributed by atoms with Crippen molar-refractivity contribution in [2.75, 3.05) is 14.2 Å². The number of fused-ring (bicyclic) bond motifs is 3. The zero-order valence-corrected chi connectivity index (χ0v) is 15.5. The third-order valence-corrected chi connectivity index (χ3v) is 5.71. The molecule has 0 bridgehead atoms. The average Bonchev–Trinajstić information content (AvgIpc) is 2.72. The van der Waals surface area contributed by atoms with Crippen LogP contribution in [0.3, 0.4) is 0 Å². The van der Waals surface area contributed by atoms with Crippen LogP contribution in [0.25, 0.3) is 0 Å². The first kappa shape index (κ1) is 17.8. The van der Waals surface area contributed by atoms with Crippen molar-refractivity contribution in [3.63, 3.8) is 0 Å². The Bertz CT molecular complexity index is 866. The van der Waals surface area contributed by atoms with Crippen LogP contribution >= 0.6 is 0 Å². The molecular formula is C21H23NO5. The smallest absolute Gasteiger partial charge is 0.275 e. The van der Waals surface area contributed by atoms with E-state index in [0.29, 0.717) is 11.3 Å². The highest BCUT2D eigenvalue weighted by Gasteiger charge is 2.43. The molecule has 142 valence electrons. The predicted molar refractivity (Wildman–Crippen MR) is 101 cm³/mol. The highest BCUT2D eigenvalue weighted by Crippen LogP contribution is 2.53. The summed E-state index contributed by atoms with van der Waals surface area (Å²) in [6.07, 6.45) is 3.68. The number of nitro benzene ring substituents is 1. The van der Waals surface area contributed by atoms with Crippen LogP contribution in [-0.4, -0.2) is 25.2 Å². The van der Waals surface area contributed by atoms with Crippen molar-refractivity contribution in [2.24, 2.45) is 0 Å². The lowest BCUT2D eigenvalue weighted by atomic mass is 9.75. The summed E-state index contributed by atoms with van der Waals surface area (Å²) in [5.74, 6) is 1.70. The summed E-state index contributed by atoms with van der Waals surface area (Å²) in [5.41, 5.74) is 2.55. The fraction of sp³-hybridized carbons (Fsp3) is 0.429. The summed E-state index contributed by atoms with van der Waals surface area (Å²) < 4.78 is 17.8. The summed E-state index contributed by atoms with van der Waals surface area (Å²) in [6.45, 7) is 0. The molecule has 0 saturated heterocycles. The van der Waals surface area contributed by atoms with Crippen molar-refractivity contribution in [2.45, 2.75) is 43.8 Å². The molecule has 0 aromatic heterocycles. The highest BCUT2D eigenvalue weighted by molar-refractivity contribution is 5.58. The first-order valence-corrected chi connectivity index (χ1v) is 9.29. The van der Waals surface area contributed by atoms with Crippen molar-refractivity contribution in [3.8, 4) is 11.5 Å². The second-order valence-electron chi connectivity index (χ2n) is 7.06. The summed E-state index contributed by atoms with van der Waals surface area (Å²) >= 11 is 0. The molecule has 1 aliphatic heterocycles. The molecule has 2 aromatic carbocycles. The van der Waals surface area contributed by atoms with Crippen molar-refractivity contribution in [1.82, 2.24) is 0 Å². The third-order valence-electron chi connectivity index (χ3n) is 5.71. The number of rotatable bonds is 4. The van der Waals surface area contributed by atoms with E-state index in [1.807, 2.05) is 18.2 Å². The van der Waals surface area contributed by atoms with Gasteiger partial charge in [-0.15, -0.1) is 0 Å². The van der Waals surface area contributed by atoms with E-state index in [2.05, 4.69) is 0 Å². The molecule has 2 aliphatic rings. The zero-order valence-electron chi connectivity index (χ0n) is 15.5. The molecular weight excluding hydrogens is 346 g/mol. The van der Waals surface area contributed by atoms with Crippen LogP contribution in [0.1, 0.15) is 54.4 Å². The molecule has 0 radical (unpaired) electrons. The van der Waals surface area contributed by atoms with Gasteiger partial charge in [0.15, 0.2) is 0 Å². The Morgan fingerprint density at radius 3 is 2.37 bits per heavy atom. The van der Waals surface area contributed by atoms with E-state index in [1.165, 1.54) is 6.07 Å². The van der Waals surface area contributed by atoms with Crippen LogP contribution in [0.15, 0.2) is 36.4 Å². The van der Waals surface area contributed by atoms with Gasteiger partial charge in [-0.2, -0.15) is 0 Å². The number of benzene rings is 2. The molecule has 2 aromatic rings. The maximum Gasteiger partial charge on any atom is 0.275 e. The fourth-order valence-electron chi connectivity index (χ4n) is 4.54. The van der Waals surface area contributed by atoms with Crippen molar-refractivity contribution in [3.05, 3.63) is 63.2 Å². The van der Waals surface area contributed by atoms with E-state index < -0.39 is 6.10 Å². The molecule has 1 saturated carbocycles. The van der Waals surface area contributed by atoms with E-state index in [4.69, 9.17) is 14.2 Å². The minimum absolute atomic E-state index is 0.0251. The molecule has 0 N–H and O–H groups in total. The minimum atomic E-state index is -0.550. The second kappa shape index (κ2) is 7.19. The number of ether oxygens (including phenoxy) is 3. The lowest BCUT2D eigenvalue weighted by Crippen LogP contribution is -2.34. The normalized spacial score (nSPS) is 23.9. The second-order valence-corrected chi connectivity index (χ2v) is 7.06. The SMILES string of the molecule is COc1ccc(OC)c2c1[C@@H](c1ccccc1[N+](=O)[O-])O[C@@H]1CCCC[C@H]21. The van der Waals surface area contributed by atoms with Gasteiger partial charge < -0.3 is 14.2 Å². The monoisotopic (exact) mass is 369 g/mol. The number of methoxy groups -OCH3 is 2. The maximum absolute atomic E-state index is 11.6. The Morgan fingerprint density at radius 1 is 1.00 bits per heavy atom. The van der Waals surface area contributed by atoms with Crippen LogP contribution < -0.4 is 9.47 Å². The molecule has 3 atom stereocenters. The van der Waals surface area contributed by atoms with Gasteiger partial charge in [0.2, 0.25) is 0 Å². The third kappa shape index (κ3) is 2.94. The first-order valence-electron chi connectivity index (χ1n) is 9.29. The molecule has 0 amide bonds. The van der Waals surface area contributed by atoms with E-state index >= 15 is 0 Å². The number of nitro groups is 1. The fourth-order valence-corrected chi connectivity index (χ4v) is 4.54. The quantitative estimate of drug-likeness (QED) is 0.574. The van der Waals surface area contributed by atoms with Gasteiger partial charge in [0, 0.05) is 23.1 Å². The molecule has 4 rings (SSSR count). The van der Waals surface area contributed by atoms with Crippen LogP contribution in [0.5, 0.6) is 11.5 Å². The van der Waals surface area contributed by atoms with E-state index in [-0.39, 0.29) is 22.6 Å². The largest absolute Gasteiger partial charge is 0.496 e. The summed E-state index contributed by atoms with van der Waals surface area (Å²) in [4.78, 5) is 11.3. The van der Waals surface area contributed by atoms with Crippen molar-refractivity contribution >= 4 is 5.69 Å². The molecule has 0 spiro atoms. The highest BCUT2D eigenvalue weighted by atomic mass is 16.6. The number of para-hydroxylation sites is 1. The standard InChI is InChI=1S/C21H23NO5/c1-25-17-11-12-18(26-2)20-19(17)14-8-4-6-10-16(14)27-21(20)13-7-3-5-9-15(13)22(23)24/h3,5,7,9,11-12,14,16,21H,4,6,8,10H2,1-2H3/t14-,16+,21+/m0/s1. The first-order chi connectivity index (χ1) is 13.2. The van der Waals surface area contributed by atoms with Gasteiger partial charge in [-0.05, 0) is 31.0 Å². The number of hydrogen-bond donors (Lipinski definition) is 0. The van der Waals surface area contributed by atoms with Gasteiger partial charge >= 0.3 is 0 Å². The van der Waals surface area contributed by atoms with Crippen molar-refractivity contribution in [1.29, 1.82) is 0 Å². The molecule has 6 nitrogen and oxygen atoms in total. The Labute approximate surface area is 158 Å². The van der Waals surface area contributed by atoms with Crippen LogP contribution in [0, 0.1) is 10.1 Å². The molecule has 0 unspecified atom stereocenters. The molecule has 1 heterocycles. The zero-order chi connectivity index (χ0) is 19.0. The van der Waals surface area contributed by atoms with E-state index in [1.54, 1.807) is 26.4 Å². The van der Waals surface area contributed by atoms with Gasteiger partial charge in [-0.25, -0.2) is 0 Å². The van der Waals surface area contributed by atoms with Crippen LogP contribution in [0.2, 0.25) is 0 Å². The molecule has 27 heavy (non-hydrogen) atoms. The predicted octanol–water partition coefficient (Wildman–Crippen LogP) is 4.76. The summed E-state index contributed by atoms with van der Waals surface area (Å²) in [5, 5.41) is 11.6. The molecule has 1 fully saturated rings. The Balaban J connectivity index is 1.96. The maximum atomic E-state index is 11.6. The lowest BCUT2D eigenvalue weighted by Gasteiger charge is -2.42. The Hall–Kier alpha value is -2.60. The number of nitrogens with zero attached hydrogens (tertiary/aromatic N) is 1. The van der Waals surface area contributed by atoms with E-state index in [0.717, 1.165) is 42.6 Å². The van der Waals surface area contributed by atoms with Crippen molar-refractivity contribution < 1.29 is 19.1 Å². The van der Waals surface area contributed by atoms with E-state index in [9.17, 15) is 10.1 Å². The van der Waals surface area contributed by atoms with Crippen LogP contribution in [0.4, 0.5) is 5.69 Å². The van der Waals surface area contributed by atoms with Gasteiger partial charge in [-0.1, -0.05) is 25.0 Å². The summed E-state index contributed by atoms with van der Waals surface area (Å²) in [6, 6.07) is 10.6. The topological polar surface area (TPSA) is 70.8 Å². The molecule has 1 aliphatic carbocycles. The Morgan fingerprint density at radius 2 is 1.67 bits per heavy atom. The molecule has 6 heteroatoms. The van der Waals surface area contributed by atoms with Gasteiger partial charge in [0.1, 0.15) is 17.6 Å². The lowest BCUT2D eigenvalue weighted by molar-refractivity contribution is -0.386. The van der Waals surface area contributed by atoms with Gasteiger partial charge in [0.05, 0.1) is 30.8 Å².